The zero-order chi connectivity index (χ0) is 21.3. The minimum atomic E-state index is -0.506. The summed E-state index contributed by atoms with van der Waals surface area (Å²) in [6.07, 6.45) is 1.43. The number of thiocarbonyl (C=S) groups is 1. The van der Waals surface area contributed by atoms with Gasteiger partial charge in [0.25, 0.3) is 0 Å². The molecule has 1 N–H and O–H groups in total. The van der Waals surface area contributed by atoms with Crippen LogP contribution in [0.1, 0.15) is 6.92 Å². The highest BCUT2D eigenvalue weighted by molar-refractivity contribution is 7.80. The van der Waals surface area contributed by atoms with Gasteiger partial charge in [-0.1, -0.05) is 0 Å². The van der Waals surface area contributed by atoms with Gasteiger partial charge in [-0.05, 0) is 48.3 Å². The van der Waals surface area contributed by atoms with Crippen molar-refractivity contribution in [2.45, 2.75) is 19.1 Å². The molecule has 11 heteroatoms. The van der Waals surface area contributed by atoms with Gasteiger partial charge in [0, 0.05) is 43.4 Å². The van der Waals surface area contributed by atoms with Gasteiger partial charge >= 0.3 is 11.8 Å². The number of nitro groups is 1. The predicted molar refractivity (Wildman–Crippen MR) is 115 cm³/mol. The van der Waals surface area contributed by atoms with Crippen molar-refractivity contribution in [3.8, 4) is 11.8 Å². The van der Waals surface area contributed by atoms with Crippen molar-refractivity contribution in [1.82, 2.24) is 19.4 Å². The summed E-state index contributed by atoms with van der Waals surface area (Å²) >= 11 is 5.56. The molecule has 0 saturated carbocycles. The van der Waals surface area contributed by atoms with E-state index in [0.29, 0.717) is 17.7 Å². The minimum absolute atomic E-state index is 0.182. The number of rotatable bonds is 5. The third-order valence-corrected chi connectivity index (χ3v) is 5.68. The van der Waals surface area contributed by atoms with Gasteiger partial charge in [0.05, 0.1) is 13.7 Å². The quantitative estimate of drug-likeness (QED) is 0.432. The number of imidazole rings is 1. The number of nitrogens with zero attached hydrogens (tertiary/aromatic N) is 5. The summed E-state index contributed by atoms with van der Waals surface area (Å²) in [6, 6.07) is 7.98. The molecule has 1 unspecified atom stereocenters. The molecular weight excluding hydrogens is 408 g/mol. The lowest BCUT2D eigenvalue weighted by Crippen LogP contribution is -2.54. The Hall–Kier alpha value is -2.92. The molecule has 0 amide bonds. The van der Waals surface area contributed by atoms with Gasteiger partial charge in [0.15, 0.2) is 5.11 Å². The average Bonchev–Trinajstić information content (AvgIpc) is 3.24. The lowest BCUT2D eigenvalue weighted by atomic mass is 10.1. The van der Waals surface area contributed by atoms with Crippen molar-refractivity contribution in [2.24, 2.45) is 0 Å². The molecule has 2 aliphatic heterocycles. The molecule has 1 aromatic heterocycles. The Bertz CT molecular complexity index is 916. The van der Waals surface area contributed by atoms with E-state index >= 15 is 0 Å². The van der Waals surface area contributed by atoms with E-state index in [0.717, 1.165) is 44.2 Å². The van der Waals surface area contributed by atoms with Crippen LogP contribution in [0.4, 0.5) is 11.5 Å². The Morgan fingerprint density at radius 3 is 2.63 bits per heavy atom. The number of hydrogen-bond donors (Lipinski definition) is 1. The molecule has 0 bridgehead atoms. The summed E-state index contributed by atoms with van der Waals surface area (Å²) in [4.78, 5) is 18.8. The van der Waals surface area contributed by atoms with E-state index in [4.69, 9.17) is 21.7 Å². The molecule has 0 spiro atoms. The minimum Gasteiger partial charge on any atom is -0.497 e. The molecule has 1 aromatic carbocycles. The van der Waals surface area contributed by atoms with Gasteiger partial charge in [-0.15, -0.1) is 0 Å². The first-order valence-electron chi connectivity index (χ1n) is 9.68. The Labute approximate surface area is 179 Å². The molecule has 3 heterocycles. The summed E-state index contributed by atoms with van der Waals surface area (Å²) in [5.74, 6) is 0.623. The van der Waals surface area contributed by atoms with Gasteiger partial charge < -0.3 is 29.8 Å². The maximum absolute atomic E-state index is 10.9. The molecule has 4 rings (SSSR count). The molecule has 2 aliphatic rings. The summed E-state index contributed by atoms with van der Waals surface area (Å²) in [5, 5.41) is 14.8. The van der Waals surface area contributed by atoms with Crippen LogP contribution < -0.4 is 14.8 Å². The zero-order valence-corrected chi connectivity index (χ0v) is 17.7. The van der Waals surface area contributed by atoms with E-state index in [1.165, 1.54) is 6.20 Å². The molecule has 1 saturated heterocycles. The van der Waals surface area contributed by atoms with Crippen LogP contribution in [0.5, 0.6) is 11.8 Å². The third kappa shape index (κ3) is 4.31. The summed E-state index contributed by atoms with van der Waals surface area (Å²) in [7, 11) is 1.64. The second-order valence-electron chi connectivity index (χ2n) is 7.74. The molecule has 1 atom stereocenters. The monoisotopic (exact) mass is 432 g/mol. The smallest absolute Gasteiger partial charge is 0.415 e. The Balaban J connectivity index is 1.26. The molecule has 2 aromatic rings. The van der Waals surface area contributed by atoms with E-state index in [1.54, 1.807) is 11.7 Å². The highest BCUT2D eigenvalue weighted by Gasteiger charge is 2.41. The van der Waals surface area contributed by atoms with Crippen LogP contribution in [-0.2, 0) is 6.54 Å². The molecule has 0 radical (unpaired) electrons. The molecule has 0 aliphatic carbocycles. The lowest BCUT2D eigenvalue weighted by molar-refractivity contribution is -0.389. The molecule has 160 valence electrons. The van der Waals surface area contributed by atoms with Crippen LogP contribution in [0, 0.1) is 10.1 Å². The first kappa shape index (κ1) is 20.4. The fourth-order valence-corrected chi connectivity index (χ4v) is 4.12. The van der Waals surface area contributed by atoms with Crippen LogP contribution in [-0.4, -0.2) is 74.8 Å². The number of piperazine rings is 1. The number of methoxy groups -OCH3 is 1. The number of fused-ring (bicyclic) bond motifs is 1. The van der Waals surface area contributed by atoms with Crippen molar-refractivity contribution in [3.05, 3.63) is 40.6 Å². The number of hydrogen-bond acceptors (Lipinski definition) is 7. The molecule has 10 nitrogen and oxygen atoms in total. The third-order valence-electron chi connectivity index (χ3n) is 5.32. The van der Waals surface area contributed by atoms with Gasteiger partial charge in [-0.2, -0.15) is 0 Å². The standard InChI is InChI=1S/C19H24N6O4S/c1-19(13-24-11-16(25(26)27)21-17(24)29-19)12-22-7-9-23(10-8-22)18(30)20-14-3-5-15(28-2)6-4-14/h3-6,11H,7-10,12-13H2,1-2H3,(H,20,30). The van der Waals surface area contributed by atoms with Gasteiger partial charge in [-0.25, -0.2) is 0 Å². The fraction of sp³-hybridized carbons (Fsp3) is 0.474. The van der Waals surface area contributed by atoms with Crippen molar-refractivity contribution in [2.75, 3.05) is 45.2 Å². The highest BCUT2D eigenvalue weighted by Crippen LogP contribution is 2.31. The van der Waals surface area contributed by atoms with Gasteiger partial charge in [0.2, 0.25) is 0 Å². The van der Waals surface area contributed by atoms with Crippen LogP contribution >= 0.6 is 12.2 Å². The SMILES string of the molecule is COc1ccc(NC(=S)N2CCN(CC3(C)Cn4cc([N+](=O)[O-])nc4O3)CC2)cc1. The summed E-state index contributed by atoms with van der Waals surface area (Å²) in [6.45, 7) is 6.60. The average molecular weight is 433 g/mol. The predicted octanol–water partition coefficient (Wildman–Crippen LogP) is 1.97. The van der Waals surface area contributed by atoms with Crippen LogP contribution in [0.15, 0.2) is 30.5 Å². The Morgan fingerprint density at radius 1 is 1.33 bits per heavy atom. The maximum Gasteiger partial charge on any atom is 0.415 e. The summed E-state index contributed by atoms with van der Waals surface area (Å²) < 4.78 is 12.8. The Morgan fingerprint density at radius 2 is 2.03 bits per heavy atom. The number of anilines is 1. The van der Waals surface area contributed by atoms with Gasteiger partial charge in [0.1, 0.15) is 17.5 Å². The van der Waals surface area contributed by atoms with Crippen LogP contribution in [0.3, 0.4) is 0 Å². The van der Waals surface area contributed by atoms with Crippen molar-refractivity contribution < 1.29 is 14.4 Å². The first-order valence-corrected chi connectivity index (χ1v) is 10.1. The van der Waals surface area contributed by atoms with Crippen molar-refractivity contribution in [1.29, 1.82) is 0 Å². The van der Waals surface area contributed by atoms with E-state index < -0.39 is 10.5 Å². The number of aromatic nitrogens is 2. The number of benzene rings is 1. The van der Waals surface area contributed by atoms with E-state index in [-0.39, 0.29) is 5.82 Å². The highest BCUT2D eigenvalue weighted by atomic mass is 32.1. The second-order valence-corrected chi connectivity index (χ2v) is 8.13. The zero-order valence-electron chi connectivity index (χ0n) is 16.9. The lowest BCUT2D eigenvalue weighted by Gasteiger charge is -2.38. The fourth-order valence-electron chi connectivity index (χ4n) is 3.82. The first-order chi connectivity index (χ1) is 14.3. The topological polar surface area (TPSA) is 97.9 Å². The normalized spacial score (nSPS) is 21.1. The van der Waals surface area contributed by atoms with Gasteiger partial charge in [-0.3, -0.25) is 9.47 Å². The maximum atomic E-state index is 10.9. The molecule has 30 heavy (non-hydrogen) atoms. The van der Waals surface area contributed by atoms with Crippen LogP contribution in [0.25, 0.3) is 0 Å². The second kappa shape index (κ2) is 8.07. The van der Waals surface area contributed by atoms with E-state index in [1.807, 2.05) is 31.2 Å². The summed E-state index contributed by atoms with van der Waals surface area (Å²) in [5.41, 5.74) is 0.472. The number of nitrogens with one attached hydrogen (secondary N) is 1. The molecular formula is C19H24N6O4S. The van der Waals surface area contributed by atoms with Crippen molar-refractivity contribution in [3.63, 3.8) is 0 Å². The number of ether oxygens (including phenoxy) is 2. The molecule has 1 fully saturated rings. The Kier molecular flexibility index (Phi) is 5.48. The van der Waals surface area contributed by atoms with E-state index in [9.17, 15) is 10.1 Å². The van der Waals surface area contributed by atoms with E-state index in [2.05, 4.69) is 20.1 Å². The largest absolute Gasteiger partial charge is 0.497 e. The van der Waals surface area contributed by atoms with Crippen molar-refractivity contribution >= 4 is 28.8 Å². The van der Waals surface area contributed by atoms with Crippen LogP contribution in [0.2, 0.25) is 0 Å².